The molecular weight excluding hydrogens is 252 g/mol. The Balaban J connectivity index is 2.05. The van der Waals surface area contributed by atoms with E-state index < -0.39 is 10.0 Å². The van der Waals surface area contributed by atoms with Crippen LogP contribution in [-0.2, 0) is 10.0 Å². The van der Waals surface area contributed by atoms with E-state index in [1.54, 1.807) is 7.11 Å². The van der Waals surface area contributed by atoms with Crippen LogP contribution in [0.5, 0.6) is 5.75 Å². The molecule has 0 bridgehead atoms. The van der Waals surface area contributed by atoms with Crippen LogP contribution in [0.4, 0.5) is 5.69 Å². The van der Waals surface area contributed by atoms with Crippen LogP contribution in [-0.4, -0.2) is 52.3 Å². The van der Waals surface area contributed by atoms with Crippen molar-refractivity contribution in [2.75, 3.05) is 44.4 Å². The fraction of sp³-hybridized carbons (Fsp3) is 0.500. The first-order valence-electron chi connectivity index (χ1n) is 5.85. The Hall–Kier alpha value is -1.27. The van der Waals surface area contributed by atoms with E-state index in [9.17, 15) is 8.42 Å². The first kappa shape index (κ1) is 13.2. The Morgan fingerprint density at radius 1 is 1.17 bits per heavy atom. The number of benzene rings is 1. The van der Waals surface area contributed by atoms with E-state index in [0.29, 0.717) is 26.2 Å². The SMILES string of the molecule is COc1cccc(N2CCN(S(C)(=O)=O)CC2)c1. The van der Waals surface area contributed by atoms with E-state index in [4.69, 9.17) is 4.74 Å². The fourth-order valence-electron chi connectivity index (χ4n) is 2.09. The van der Waals surface area contributed by atoms with Crippen LogP contribution >= 0.6 is 0 Å². The number of hydrogen-bond acceptors (Lipinski definition) is 4. The average Bonchev–Trinajstić information content (AvgIpc) is 2.38. The quantitative estimate of drug-likeness (QED) is 0.814. The molecule has 0 unspecified atom stereocenters. The summed E-state index contributed by atoms with van der Waals surface area (Å²) in [4.78, 5) is 2.17. The number of sulfonamides is 1. The highest BCUT2D eigenvalue weighted by atomic mass is 32.2. The van der Waals surface area contributed by atoms with Crippen molar-refractivity contribution >= 4 is 15.7 Å². The lowest BCUT2D eigenvalue weighted by molar-refractivity contribution is 0.387. The van der Waals surface area contributed by atoms with Gasteiger partial charge in [-0.2, -0.15) is 4.31 Å². The lowest BCUT2D eigenvalue weighted by atomic mass is 10.2. The maximum atomic E-state index is 11.4. The zero-order valence-electron chi connectivity index (χ0n) is 10.7. The molecule has 0 amide bonds. The van der Waals surface area contributed by atoms with Crippen molar-refractivity contribution in [1.29, 1.82) is 0 Å². The van der Waals surface area contributed by atoms with Gasteiger partial charge < -0.3 is 9.64 Å². The Bertz CT molecular complexity index is 508. The molecular formula is C12H18N2O3S. The fourth-order valence-corrected chi connectivity index (χ4v) is 2.91. The van der Waals surface area contributed by atoms with E-state index in [-0.39, 0.29) is 0 Å². The van der Waals surface area contributed by atoms with Crippen molar-refractivity contribution in [3.05, 3.63) is 24.3 Å². The molecule has 1 saturated heterocycles. The summed E-state index contributed by atoms with van der Waals surface area (Å²) in [5.74, 6) is 0.818. The predicted octanol–water partition coefficient (Wildman–Crippen LogP) is 0.777. The molecule has 0 saturated carbocycles. The molecule has 1 aliphatic heterocycles. The Kier molecular flexibility index (Phi) is 3.77. The van der Waals surface area contributed by atoms with Gasteiger partial charge in [0.1, 0.15) is 5.75 Å². The molecule has 5 nitrogen and oxygen atoms in total. The van der Waals surface area contributed by atoms with Gasteiger partial charge in [-0.3, -0.25) is 0 Å². The maximum absolute atomic E-state index is 11.4. The molecule has 0 atom stereocenters. The standard InChI is InChI=1S/C12H18N2O3S/c1-17-12-5-3-4-11(10-12)13-6-8-14(9-7-13)18(2,15)16/h3-5,10H,6-9H2,1-2H3. The van der Waals surface area contributed by atoms with Crippen molar-refractivity contribution in [1.82, 2.24) is 4.31 Å². The Morgan fingerprint density at radius 3 is 2.39 bits per heavy atom. The van der Waals surface area contributed by atoms with Gasteiger partial charge in [-0.05, 0) is 12.1 Å². The van der Waals surface area contributed by atoms with Gasteiger partial charge in [0.2, 0.25) is 10.0 Å². The van der Waals surface area contributed by atoms with Gasteiger partial charge in [0.25, 0.3) is 0 Å². The van der Waals surface area contributed by atoms with Gasteiger partial charge in [0, 0.05) is 37.9 Å². The highest BCUT2D eigenvalue weighted by molar-refractivity contribution is 7.88. The summed E-state index contributed by atoms with van der Waals surface area (Å²) in [6.07, 6.45) is 1.26. The van der Waals surface area contributed by atoms with Gasteiger partial charge in [-0.15, -0.1) is 0 Å². The average molecular weight is 270 g/mol. The number of anilines is 1. The number of piperazine rings is 1. The van der Waals surface area contributed by atoms with E-state index in [1.807, 2.05) is 24.3 Å². The van der Waals surface area contributed by atoms with Crippen LogP contribution in [0.25, 0.3) is 0 Å². The molecule has 1 heterocycles. The van der Waals surface area contributed by atoms with Gasteiger partial charge in [0.15, 0.2) is 0 Å². The summed E-state index contributed by atoms with van der Waals surface area (Å²) in [7, 11) is -1.42. The predicted molar refractivity (Wildman–Crippen MR) is 71.6 cm³/mol. The second-order valence-corrected chi connectivity index (χ2v) is 6.33. The molecule has 1 aromatic carbocycles. The molecule has 1 fully saturated rings. The first-order valence-corrected chi connectivity index (χ1v) is 7.69. The minimum atomic E-state index is -3.06. The summed E-state index contributed by atoms with van der Waals surface area (Å²) < 4.78 is 29.5. The monoisotopic (exact) mass is 270 g/mol. The topological polar surface area (TPSA) is 49.9 Å². The molecule has 18 heavy (non-hydrogen) atoms. The molecule has 1 aliphatic rings. The smallest absolute Gasteiger partial charge is 0.211 e. The van der Waals surface area contributed by atoms with Crippen LogP contribution in [0.2, 0.25) is 0 Å². The summed E-state index contributed by atoms with van der Waals surface area (Å²) in [6, 6.07) is 7.82. The van der Waals surface area contributed by atoms with Crippen LogP contribution < -0.4 is 9.64 Å². The van der Waals surface area contributed by atoms with E-state index in [1.165, 1.54) is 10.6 Å². The number of nitrogens with zero attached hydrogens (tertiary/aromatic N) is 2. The van der Waals surface area contributed by atoms with E-state index in [0.717, 1.165) is 11.4 Å². The van der Waals surface area contributed by atoms with Crippen molar-refractivity contribution in [3.8, 4) is 5.75 Å². The molecule has 1 aromatic rings. The summed E-state index contributed by atoms with van der Waals surface area (Å²) >= 11 is 0. The molecule has 0 spiro atoms. The highest BCUT2D eigenvalue weighted by Gasteiger charge is 2.23. The molecule has 100 valence electrons. The molecule has 0 N–H and O–H groups in total. The Labute approximate surface area is 108 Å². The molecule has 2 rings (SSSR count). The van der Waals surface area contributed by atoms with Crippen LogP contribution in [0, 0.1) is 0 Å². The lowest BCUT2D eigenvalue weighted by Crippen LogP contribution is -2.48. The van der Waals surface area contributed by atoms with Crippen molar-refractivity contribution in [3.63, 3.8) is 0 Å². The molecule has 0 radical (unpaired) electrons. The van der Waals surface area contributed by atoms with Gasteiger partial charge in [-0.25, -0.2) is 8.42 Å². The van der Waals surface area contributed by atoms with Crippen LogP contribution in [0.1, 0.15) is 0 Å². The van der Waals surface area contributed by atoms with E-state index in [2.05, 4.69) is 4.90 Å². The summed E-state index contributed by atoms with van der Waals surface area (Å²) in [6.45, 7) is 2.49. The summed E-state index contributed by atoms with van der Waals surface area (Å²) in [5, 5.41) is 0. The minimum Gasteiger partial charge on any atom is -0.497 e. The van der Waals surface area contributed by atoms with Gasteiger partial charge in [0.05, 0.1) is 13.4 Å². The van der Waals surface area contributed by atoms with Crippen molar-refractivity contribution < 1.29 is 13.2 Å². The first-order chi connectivity index (χ1) is 8.50. The molecule has 0 aliphatic carbocycles. The van der Waals surface area contributed by atoms with Gasteiger partial charge >= 0.3 is 0 Å². The van der Waals surface area contributed by atoms with Crippen LogP contribution in [0.3, 0.4) is 0 Å². The lowest BCUT2D eigenvalue weighted by Gasteiger charge is -2.34. The number of ether oxygens (including phenoxy) is 1. The molecule has 0 aromatic heterocycles. The third kappa shape index (κ3) is 2.94. The van der Waals surface area contributed by atoms with Crippen molar-refractivity contribution in [2.45, 2.75) is 0 Å². The number of methoxy groups -OCH3 is 1. The highest BCUT2D eigenvalue weighted by Crippen LogP contribution is 2.22. The Morgan fingerprint density at radius 2 is 1.83 bits per heavy atom. The molecule has 6 heteroatoms. The summed E-state index contributed by atoms with van der Waals surface area (Å²) in [5.41, 5.74) is 1.07. The van der Waals surface area contributed by atoms with Crippen LogP contribution in [0.15, 0.2) is 24.3 Å². The van der Waals surface area contributed by atoms with E-state index >= 15 is 0 Å². The second kappa shape index (κ2) is 5.16. The van der Waals surface area contributed by atoms with Gasteiger partial charge in [-0.1, -0.05) is 6.07 Å². The minimum absolute atomic E-state index is 0.538. The number of rotatable bonds is 3. The third-order valence-corrected chi connectivity index (χ3v) is 4.43. The zero-order valence-corrected chi connectivity index (χ0v) is 11.5. The number of hydrogen-bond donors (Lipinski definition) is 0. The maximum Gasteiger partial charge on any atom is 0.211 e. The third-order valence-electron chi connectivity index (χ3n) is 3.13. The normalized spacial score (nSPS) is 17.8. The second-order valence-electron chi connectivity index (χ2n) is 4.35. The largest absolute Gasteiger partial charge is 0.497 e. The zero-order chi connectivity index (χ0) is 13.2. The van der Waals surface area contributed by atoms with Crippen molar-refractivity contribution in [2.24, 2.45) is 0 Å².